The number of primary amides is 1. The van der Waals surface area contributed by atoms with E-state index in [4.69, 9.17) is 43.6 Å². The molecule has 4 amide bonds. The molecule has 0 radical (unpaired) electrons. The number of unbranched alkanes of at least 4 members (excludes halogenated alkanes) is 2. The molecule has 6 aliphatic rings. The number of carbonyl (C=O) groups excluding carboxylic acids is 7. The third kappa shape index (κ3) is 17.3. The minimum absolute atomic E-state index is 0.0460. The number of cyclic esters (lactones) is 1. The summed E-state index contributed by atoms with van der Waals surface area (Å²) in [6.45, 7) is 22.7. The fourth-order valence-corrected chi connectivity index (χ4v) is 16.2. The molecule has 4 fully saturated rings. The van der Waals surface area contributed by atoms with Crippen LogP contribution in [-0.4, -0.2) is 241 Å². The third-order valence-electron chi connectivity index (χ3n) is 21.6. The number of nitrogens with two attached hydrogens (primary N) is 1. The number of amides is 4. The number of ketones is 2. The second-order valence-electron chi connectivity index (χ2n) is 30.8. The molecule has 15 N–H and O–H groups in total. The predicted molar refractivity (Wildman–Crippen MR) is 363 cm³/mol. The molecular weight excluding hydrogens is 1320 g/mol. The number of fused-ring (bicyclic) bond motifs is 3. The lowest BCUT2D eigenvalue weighted by Crippen LogP contribution is -2.67. The van der Waals surface area contributed by atoms with Gasteiger partial charge in [0.25, 0.3) is 5.91 Å². The summed E-state index contributed by atoms with van der Waals surface area (Å²) in [4.78, 5) is 97.7. The van der Waals surface area contributed by atoms with Crippen molar-refractivity contribution in [3.05, 3.63) is 46.2 Å². The molecule has 1 aromatic rings. The highest BCUT2D eigenvalue weighted by Crippen LogP contribution is 2.57. The number of esters is 1. The van der Waals surface area contributed by atoms with Gasteiger partial charge < -0.3 is 116 Å². The zero-order valence-corrected chi connectivity index (χ0v) is 61.4. The van der Waals surface area contributed by atoms with Crippen molar-refractivity contribution in [1.29, 1.82) is 0 Å². The average Bonchev–Trinajstić information content (AvgIpc) is 0.690. The molecule has 9 unspecified atom stereocenters. The van der Waals surface area contributed by atoms with Crippen molar-refractivity contribution in [2.24, 2.45) is 41.2 Å². The molecule has 24 atom stereocenters. The van der Waals surface area contributed by atoms with Crippen molar-refractivity contribution in [2.45, 2.75) is 268 Å². The van der Waals surface area contributed by atoms with E-state index < -0.39 is 213 Å². The summed E-state index contributed by atoms with van der Waals surface area (Å²) in [7, 11) is 5.06. The number of likely N-dealkylation sites (N-methyl/N-ethyl adjacent to an activating group) is 1. The van der Waals surface area contributed by atoms with Crippen LogP contribution in [0.1, 0.15) is 166 Å². The standard InChI is InChI=1S/C71H112N6O24/c1-18-44-70(14,92)56(83)35(4)50(76-65(89)101-66(8,9)10)33(2)31-67(11,90)59(99-63-52(80)42(77(15)16)29-34(3)95-63)36(5)55(37(6)62(87)97-44)98-46-32-68(12,94-17)60(38(7)96-46)100-64(88)75-26-21-19-20-25-45(79)73-27-28-74-51-41-30-40-48(53(81)47-39(69(40,13)91)23-22-24-43(47)78)57(84)71(41,93)58(85)49(54(51)82)61(72)86/h22-24,33-38,40-42,44,46,50-52,55-56,59-60,63,74,78,80-81,83,85,90-93H,18-21,25-32H2,1-17H3,(H2,72,86)(H,73,79)(H,75,88)(H,76,89)/t33-,34?,35+,36+,37-,38?,40+,41+,42?,44-,46?,50+,51?,52?,55+,56-,59-,60?,63?,67-,68?,69-,70-,71+/m1/s1. The summed E-state index contributed by atoms with van der Waals surface area (Å²) in [5, 5.41) is 118. The summed E-state index contributed by atoms with van der Waals surface area (Å²) in [5.74, 6) is -14.3. The molecule has 30 heteroatoms. The maximum atomic E-state index is 14.8. The molecule has 0 bridgehead atoms. The summed E-state index contributed by atoms with van der Waals surface area (Å²) >= 11 is 0. The number of methoxy groups -OCH3 is 1. The van der Waals surface area contributed by atoms with Gasteiger partial charge in [0.2, 0.25) is 11.7 Å². The first-order valence-corrected chi connectivity index (χ1v) is 35.1. The molecule has 3 heterocycles. The lowest BCUT2D eigenvalue weighted by atomic mass is 9.54. The van der Waals surface area contributed by atoms with E-state index in [2.05, 4.69) is 21.3 Å². The number of carbonyl (C=O) groups is 7. The number of phenolic OH excluding ortho intramolecular Hbond substituents is 1. The molecule has 570 valence electrons. The van der Waals surface area contributed by atoms with Gasteiger partial charge in [0.15, 0.2) is 30.1 Å². The number of phenols is 1. The Bertz CT molecular complexity index is 3240. The van der Waals surface area contributed by atoms with Crippen LogP contribution in [0.15, 0.2) is 35.1 Å². The highest BCUT2D eigenvalue weighted by atomic mass is 16.7. The van der Waals surface area contributed by atoms with Crippen LogP contribution >= 0.6 is 0 Å². The number of rotatable bonds is 20. The lowest BCUT2D eigenvalue weighted by molar-refractivity contribution is -0.318. The van der Waals surface area contributed by atoms with E-state index >= 15 is 0 Å². The van der Waals surface area contributed by atoms with Crippen LogP contribution in [0.4, 0.5) is 9.59 Å². The lowest BCUT2D eigenvalue weighted by Gasteiger charge is -2.52. The van der Waals surface area contributed by atoms with E-state index in [1.54, 1.807) is 69.2 Å². The molecule has 1 aromatic carbocycles. The van der Waals surface area contributed by atoms with Crippen LogP contribution in [0, 0.1) is 35.5 Å². The number of alkyl carbamates (subject to hydrolysis) is 2. The summed E-state index contributed by atoms with van der Waals surface area (Å²) < 4.78 is 50.5. The van der Waals surface area contributed by atoms with Crippen LogP contribution in [0.25, 0.3) is 5.76 Å². The van der Waals surface area contributed by atoms with Crippen LogP contribution in [-0.2, 0) is 67.5 Å². The molecule has 3 aliphatic heterocycles. The van der Waals surface area contributed by atoms with E-state index in [1.807, 2.05) is 25.9 Å². The fraction of sp³-hybridized carbons (Fsp3) is 0.761. The van der Waals surface area contributed by atoms with Crippen molar-refractivity contribution >= 4 is 47.3 Å². The number of benzene rings is 1. The Hall–Kier alpha value is -6.13. The molecular formula is C71H112N6O24. The average molecular weight is 1430 g/mol. The monoisotopic (exact) mass is 1430 g/mol. The Kier molecular flexibility index (Phi) is 26.1. The first kappa shape index (κ1) is 82.2. The third-order valence-corrected chi connectivity index (χ3v) is 21.6. The number of hydrogen-bond acceptors (Lipinski definition) is 26. The number of aromatic hydroxyl groups is 1. The van der Waals surface area contributed by atoms with Crippen LogP contribution in [0.5, 0.6) is 5.75 Å². The highest BCUT2D eigenvalue weighted by molar-refractivity contribution is 6.24. The van der Waals surface area contributed by atoms with E-state index in [-0.39, 0.29) is 68.8 Å². The normalized spacial score (nSPS) is 38.9. The number of nitrogens with one attached hydrogen (secondary N) is 4. The molecule has 0 aromatic heterocycles. The van der Waals surface area contributed by atoms with E-state index in [0.717, 1.165) is 0 Å². The van der Waals surface area contributed by atoms with Gasteiger partial charge in [-0.15, -0.1) is 0 Å². The van der Waals surface area contributed by atoms with E-state index in [1.165, 1.54) is 46.1 Å². The van der Waals surface area contributed by atoms with Crippen molar-refractivity contribution in [3.63, 3.8) is 0 Å². The maximum Gasteiger partial charge on any atom is 0.407 e. The van der Waals surface area contributed by atoms with Gasteiger partial charge in [-0.1, -0.05) is 46.2 Å². The summed E-state index contributed by atoms with van der Waals surface area (Å²) in [6, 6.07) is 1.11. The molecule has 7 rings (SSSR count). The van der Waals surface area contributed by atoms with Gasteiger partial charge in [0, 0.05) is 80.9 Å². The topological polar surface area (TPSA) is 453 Å². The van der Waals surface area contributed by atoms with E-state index in [0.29, 0.717) is 25.7 Å². The van der Waals surface area contributed by atoms with E-state index in [9.17, 15) is 79.5 Å². The quantitative estimate of drug-likeness (QED) is 0.0386. The zero-order valence-electron chi connectivity index (χ0n) is 61.4. The number of Topliss-reactive ketones (excluding diaryl/α,β-unsaturated/α-hetero) is 2. The Morgan fingerprint density at radius 1 is 0.812 bits per heavy atom. The second kappa shape index (κ2) is 32.1. The maximum absolute atomic E-state index is 14.8. The van der Waals surface area contributed by atoms with Crippen molar-refractivity contribution in [2.75, 3.05) is 40.8 Å². The summed E-state index contributed by atoms with van der Waals surface area (Å²) in [5.41, 5.74) is -7.46. The van der Waals surface area contributed by atoms with Crippen molar-refractivity contribution in [1.82, 2.24) is 26.2 Å². The first-order chi connectivity index (χ1) is 46.8. The Labute approximate surface area is 590 Å². The molecule has 101 heavy (non-hydrogen) atoms. The minimum atomic E-state index is -2.98. The van der Waals surface area contributed by atoms with Gasteiger partial charge >= 0.3 is 18.2 Å². The second-order valence-corrected chi connectivity index (χ2v) is 30.8. The fourth-order valence-electron chi connectivity index (χ4n) is 16.2. The molecule has 0 spiro atoms. The SMILES string of the molecule is CC[C@H]1OC(=O)[C@H](C)[C@@H](OC2CC(C)(OC)C(OC(=O)NCCCCCC(=O)NCCNC3C(=O)C(C(N)=O)=C(O)[C@@]4(O)C(=O)C5=C(O)c6c(O)cccc6[C@@](C)(O)[C@H]5C[C@@H]34)C(C)O2)[C@H](C)[C@@H](OC2OC(C)CC(N(C)C)C2O)[C@](C)(O)C[C@@H](C)[C@H](NC(=O)OC(C)(C)C)[C@H](C)[C@@H](O)[C@]1(C)O. The number of aliphatic hydroxyl groups is 8. The number of hydrogen-bond donors (Lipinski definition) is 14. The van der Waals surface area contributed by atoms with Crippen molar-refractivity contribution in [3.8, 4) is 5.75 Å². The van der Waals surface area contributed by atoms with Crippen LogP contribution in [0.3, 0.4) is 0 Å². The molecule has 30 nitrogen and oxygen atoms in total. The van der Waals surface area contributed by atoms with Gasteiger partial charge in [-0.3, -0.25) is 24.0 Å². The summed E-state index contributed by atoms with van der Waals surface area (Å²) in [6.07, 6.45) is -12.1. The van der Waals surface area contributed by atoms with Crippen LogP contribution < -0.4 is 27.0 Å². The van der Waals surface area contributed by atoms with Crippen molar-refractivity contribution < 1.29 is 117 Å². The van der Waals surface area contributed by atoms with Crippen LogP contribution in [0.2, 0.25) is 0 Å². The Morgan fingerprint density at radius 3 is 2.09 bits per heavy atom. The van der Waals surface area contributed by atoms with Gasteiger partial charge in [-0.05, 0) is 139 Å². The predicted octanol–water partition coefficient (Wildman–Crippen LogP) is 3.19. The zero-order chi connectivity index (χ0) is 75.7. The highest BCUT2D eigenvalue weighted by Gasteiger charge is 2.66. The molecule has 3 saturated heterocycles. The Morgan fingerprint density at radius 2 is 1.48 bits per heavy atom. The first-order valence-electron chi connectivity index (χ1n) is 35.1. The molecule has 3 aliphatic carbocycles. The number of nitrogens with zero attached hydrogens (tertiary/aromatic N) is 1. The number of aliphatic hydroxyl groups excluding tert-OH is 4. The van der Waals surface area contributed by atoms with Gasteiger partial charge in [0.1, 0.15) is 51.9 Å². The minimum Gasteiger partial charge on any atom is -0.508 e. The molecule has 1 saturated carbocycles. The smallest absolute Gasteiger partial charge is 0.407 e. The van der Waals surface area contributed by atoms with Gasteiger partial charge in [0.05, 0.1) is 59.2 Å². The number of ether oxygens (including phenoxy) is 8. The largest absolute Gasteiger partial charge is 0.508 e. The van der Waals surface area contributed by atoms with Gasteiger partial charge in [-0.25, -0.2) is 9.59 Å². The van der Waals surface area contributed by atoms with Gasteiger partial charge in [-0.2, -0.15) is 0 Å². The Balaban J connectivity index is 0.987.